The molecule has 3 rings (SSSR count). The SMILES string of the molecule is Cc1ccc2sc(C(=O)N3CCC(CCO)C3)c(N)c2c1. The average Bonchev–Trinajstić information content (AvgIpc) is 3.05. The molecule has 1 aromatic carbocycles. The highest BCUT2D eigenvalue weighted by Crippen LogP contribution is 2.36. The van der Waals surface area contributed by atoms with Gasteiger partial charge in [0.05, 0.1) is 5.69 Å². The van der Waals surface area contributed by atoms with Crippen molar-refractivity contribution >= 4 is 33.0 Å². The molecule has 2 aromatic rings. The molecule has 1 aliphatic rings. The Hall–Kier alpha value is -1.59. The van der Waals surface area contributed by atoms with Gasteiger partial charge in [0, 0.05) is 29.8 Å². The molecule has 1 saturated heterocycles. The summed E-state index contributed by atoms with van der Waals surface area (Å²) in [6, 6.07) is 6.11. The number of nitrogen functional groups attached to an aromatic ring is 1. The number of nitrogens with zero attached hydrogens (tertiary/aromatic N) is 1. The number of carbonyl (C=O) groups is 1. The molecule has 0 aliphatic carbocycles. The number of aliphatic hydroxyl groups is 1. The number of benzene rings is 1. The van der Waals surface area contributed by atoms with Crippen molar-refractivity contribution in [3.8, 4) is 0 Å². The first kappa shape index (κ1) is 14.4. The molecule has 1 aliphatic heterocycles. The predicted molar refractivity (Wildman–Crippen MR) is 86.7 cm³/mol. The van der Waals surface area contributed by atoms with Gasteiger partial charge in [0.15, 0.2) is 0 Å². The lowest BCUT2D eigenvalue weighted by atomic mass is 10.1. The molecule has 1 amide bonds. The summed E-state index contributed by atoms with van der Waals surface area (Å²) in [5.74, 6) is 0.448. The third-order valence-electron chi connectivity index (χ3n) is 4.19. The fraction of sp³-hybridized carbons (Fsp3) is 0.438. The first-order valence-corrected chi connectivity index (χ1v) is 8.10. The minimum atomic E-state index is 0.0341. The standard InChI is InChI=1S/C16H20N2O2S/c1-10-2-3-13-12(8-10)14(17)15(21-13)16(20)18-6-4-11(9-18)5-7-19/h2-3,8,11,19H,4-7,9,17H2,1H3. The van der Waals surface area contributed by atoms with E-state index in [9.17, 15) is 4.79 Å². The molecule has 2 heterocycles. The highest BCUT2D eigenvalue weighted by Gasteiger charge is 2.29. The Morgan fingerprint density at radius 1 is 1.52 bits per heavy atom. The summed E-state index contributed by atoms with van der Waals surface area (Å²) in [4.78, 5) is 15.2. The number of anilines is 1. The number of carbonyl (C=O) groups excluding carboxylic acids is 1. The van der Waals surface area contributed by atoms with Crippen LogP contribution >= 0.6 is 11.3 Å². The third-order valence-corrected chi connectivity index (χ3v) is 5.36. The van der Waals surface area contributed by atoms with Gasteiger partial charge in [-0.2, -0.15) is 0 Å². The Kier molecular flexibility index (Phi) is 3.87. The van der Waals surface area contributed by atoms with E-state index in [4.69, 9.17) is 10.8 Å². The second-order valence-corrected chi connectivity index (χ2v) is 6.81. The number of aryl methyl sites for hydroxylation is 1. The Labute approximate surface area is 128 Å². The fourth-order valence-corrected chi connectivity index (χ4v) is 4.04. The summed E-state index contributed by atoms with van der Waals surface area (Å²) < 4.78 is 1.06. The zero-order valence-electron chi connectivity index (χ0n) is 12.1. The lowest BCUT2D eigenvalue weighted by Crippen LogP contribution is -2.28. The van der Waals surface area contributed by atoms with Crippen LogP contribution in [0.3, 0.4) is 0 Å². The van der Waals surface area contributed by atoms with E-state index in [1.807, 2.05) is 30.0 Å². The summed E-state index contributed by atoms with van der Waals surface area (Å²) in [5.41, 5.74) is 7.95. The summed E-state index contributed by atoms with van der Waals surface area (Å²) in [6.45, 7) is 3.71. The largest absolute Gasteiger partial charge is 0.397 e. The van der Waals surface area contributed by atoms with Crippen molar-refractivity contribution in [1.82, 2.24) is 4.90 Å². The number of thiophene rings is 1. The summed E-state index contributed by atoms with van der Waals surface area (Å²) in [5, 5.41) is 9.99. The maximum Gasteiger partial charge on any atom is 0.266 e. The topological polar surface area (TPSA) is 66.6 Å². The van der Waals surface area contributed by atoms with Crippen LogP contribution in [0.2, 0.25) is 0 Å². The molecule has 0 radical (unpaired) electrons. The van der Waals surface area contributed by atoms with Gasteiger partial charge in [0.25, 0.3) is 5.91 Å². The molecule has 0 saturated carbocycles. The van der Waals surface area contributed by atoms with Crippen molar-refractivity contribution in [3.63, 3.8) is 0 Å². The second kappa shape index (κ2) is 5.66. The van der Waals surface area contributed by atoms with Crippen molar-refractivity contribution in [2.24, 2.45) is 5.92 Å². The number of likely N-dealkylation sites (tertiary alicyclic amines) is 1. The van der Waals surface area contributed by atoms with E-state index in [1.165, 1.54) is 11.3 Å². The third kappa shape index (κ3) is 2.63. The highest BCUT2D eigenvalue weighted by molar-refractivity contribution is 7.21. The van der Waals surface area contributed by atoms with Gasteiger partial charge >= 0.3 is 0 Å². The summed E-state index contributed by atoms with van der Waals surface area (Å²) in [6.07, 6.45) is 1.74. The van der Waals surface area contributed by atoms with Gasteiger partial charge in [-0.3, -0.25) is 4.79 Å². The maximum absolute atomic E-state index is 12.7. The van der Waals surface area contributed by atoms with Gasteiger partial charge in [0.1, 0.15) is 4.88 Å². The van der Waals surface area contributed by atoms with Crippen LogP contribution < -0.4 is 5.73 Å². The molecule has 112 valence electrons. The molecule has 3 N–H and O–H groups in total. The number of fused-ring (bicyclic) bond motifs is 1. The number of nitrogens with two attached hydrogens (primary N) is 1. The van der Waals surface area contributed by atoms with Gasteiger partial charge in [-0.1, -0.05) is 11.6 Å². The van der Waals surface area contributed by atoms with Crippen LogP contribution in [0.4, 0.5) is 5.69 Å². The van der Waals surface area contributed by atoms with Gasteiger partial charge < -0.3 is 15.7 Å². The van der Waals surface area contributed by atoms with Crippen LogP contribution in [-0.2, 0) is 0 Å². The van der Waals surface area contributed by atoms with Crippen molar-refractivity contribution < 1.29 is 9.90 Å². The van der Waals surface area contributed by atoms with Crippen molar-refractivity contribution in [3.05, 3.63) is 28.6 Å². The maximum atomic E-state index is 12.7. The number of hydrogen-bond donors (Lipinski definition) is 2. The molecular weight excluding hydrogens is 284 g/mol. The van der Waals surface area contributed by atoms with Crippen LogP contribution in [0, 0.1) is 12.8 Å². The van der Waals surface area contributed by atoms with Crippen molar-refractivity contribution in [2.75, 3.05) is 25.4 Å². The Balaban J connectivity index is 1.87. The zero-order chi connectivity index (χ0) is 15.0. The molecule has 1 fully saturated rings. The average molecular weight is 304 g/mol. The molecule has 0 spiro atoms. The first-order valence-electron chi connectivity index (χ1n) is 7.29. The summed E-state index contributed by atoms with van der Waals surface area (Å²) in [7, 11) is 0. The minimum Gasteiger partial charge on any atom is -0.397 e. The molecule has 1 aromatic heterocycles. The molecule has 21 heavy (non-hydrogen) atoms. The first-order chi connectivity index (χ1) is 10.1. The number of aliphatic hydroxyl groups excluding tert-OH is 1. The lowest BCUT2D eigenvalue weighted by Gasteiger charge is -2.15. The Bertz CT molecular complexity index is 680. The molecule has 4 nitrogen and oxygen atoms in total. The zero-order valence-corrected chi connectivity index (χ0v) is 12.9. The van der Waals surface area contributed by atoms with Crippen molar-refractivity contribution in [1.29, 1.82) is 0 Å². The second-order valence-electron chi connectivity index (χ2n) is 5.76. The number of amides is 1. The quantitative estimate of drug-likeness (QED) is 0.916. The normalized spacial score (nSPS) is 18.6. The monoisotopic (exact) mass is 304 g/mol. The van der Waals surface area contributed by atoms with Crippen LogP contribution in [0.1, 0.15) is 28.1 Å². The van der Waals surface area contributed by atoms with E-state index in [1.54, 1.807) is 0 Å². The van der Waals surface area contributed by atoms with Gasteiger partial charge in [-0.15, -0.1) is 11.3 Å². The van der Waals surface area contributed by atoms with E-state index in [0.717, 1.165) is 41.6 Å². The molecule has 5 heteroatoms. The van der Waals surface area contributed by atoms with E-state index in [0.29, 0.717) is 16.5 Å². The fourth-order valence-electron chi connectivity index (χ4n) is 2.97. The number of hydrogen-bond acceptors (Lipinski definition) is 4. The smallest absolute Gasteiger partial charge is 0.266 e. The van der Waals surface area contributed by atoms with E-state index < -0.39 is 0 Å². The lowest BCUT2D eigenvalue weighted by molar-refractivity contribution is 0.0790. The predicted octanol–water partition coefficient (Wildman–Crippen LogP) is 2.64. The molecular formula is C16H20N2O2S. The van der Waals surface area contributed by atoms with Gasteiger partial charge in [0.2, 0.25) is 0 Å². The number of rotatable bonds is 3. The Morgan fingerprint density at radius 2 is 2.33 bits per heavy atom. The van der Waals surface area contributed by atoms with E-state index in [-0.39, 0.29) is 12.5 Å². The molecule has 0 bridgehead atoms. The summed E-state index contributed by atoms with van der Waals surface area (Å²) >= 11 is 1.48. The van der Waals surface area contributed by atoms with Gasteiger partial charge in [-0.05, 0) is 37.8 Å². The van der Waals surface area contributed by atoms with E-state index in [2.05, 4.69) is 0 Å². The molecule has 1 atom stereocenters. The van der Waals surface area contributed by atoms with Crippen LogP contribution in [0.15, 0.2) is 18.2 Å². The highest BCUT2D eigenvalue weighted by atomic mass is 32.1. The molecule has 1 unspecified atom stereocenters. The van der Waals surface area contributed by atoms with Gasteiger partial charge in [-0.25, -0.2) is 0 Å². The Morgan fingerprint density at radius 3 is 3.10 bits per heavy atom. The minimum absolute atomic E-state index is 0.0341. The van der Waals surface area contributed by atoms with Crippen LogP contribution in [-0.4, -0.2) is 35.6 Å². The van der Waals surface area contributed by atoms with Crippen molar-refractivity contribution in [2.45, 2.75) is 19.8 Å². The van der Waals surface area contributed by atoms with Crippen LogP contribution in [0.5, 0.6) is 0 Å². The van der Waals surface area contributed by atoms with Crippen LogP contribution in [0.25, 0.3) is 10.1 Å². The van der Waals surface area contributed by atoms with E-state index >= 15 is 0 Å².